The van der Waals surface area contributed by atoms with Crippen molar-refractivity contribution < 1.29 is 5.11 Å². The maximum Gasteiger partial charge on any atom is 0.0692 e. The van der Waals surface area contributed by atoms with Crippen molar-refractivity contribution in [1.29, 1.82) is 0 Å². The quantitative estimate of drug-likeness (QED) is 0.688. The first-order chi connectivity index (χ1) is 6.66. The average molecular weight is 198 g/mol. The molecular formula is C11H22N2O. The summed E-state index contributed by atoms with van der Waals surface area (Å²) in [4.78, 5) is 2.38. The number of rotatable bonds is 4. The van der Waals surface area contributed by atoms with Crippen LogP contribution in [0.25, 0.3) is 0 Å². The van der Waals surface area contributed by atoms with Crippen LogP contribution in [0.1, 0.15) is 26.2 Å². The maximum absolute atomic E-state index is 9.70. The number of likely N-dealkylation sites (N-methyl/N-ethyl adjacent to an activating group) is 1. The van der Waals surface area contributed by atoms with E-state index in [2.05, 4.69) is 24.2 Å². The second kappa shape index (κ2) is 4.17. The van der Waals surface area contributed by atoms with Crippen LogP contribution in [0.5, 0.6) is 0 Å². The number of nitrogens with one attached hydrogen (secondary N) is 1. The molecule has 3 heteroatoms. The molecule has 0 radical (unpaired) electrons. The highest BCUT2D eigenvalue weighted by Crippen LogP contribution is 2.32. The summed E-state index contributed by atoms with van der Waals surface area (Å²) in [6.07, 6.45) is 3.57. The molecule has 1 saturated heterocycles. The van der Waals surface area contributed by atoms with Crippen molar-refractivity contribution in [2.24, 2.45) is 5.92 Å². The third-order valence-electron chi connectivity index (χ3n) is 3.67. The van der Waals surface area contributed by atoms with Gasteiger partial charge in [0.15, 0.2) is 0 Å². The van der Waals surface area contributed by atoms with Gasteiger partial charge in [0.2, 0.25) is 0 Å². The van der Waals surface area contributed by atoms with E-state index < -0.39 is 0 Å². The minimum Gasteiger partial charge on any atom is -0.392 e. The Morgan fingerprint density at radius 1 is 1.50 bits per heavy atom. The predicted molar refractivity (Wildman–Crippen MR) is 57.2 cm³/mol. The van der Waals surface area contributed by atoms with E-state index in [1.165, 1.54) is 19.3 Å². The van der Waals surface area contributed by atoms with Crippen LogP contribution in [0.4, 0.5) is 0 Å². The fraction of sp³-hybridized carbons (Fsp3) is 1.00. The Bertz CT molecular complexity index is 184. The minimum atomic E-state index is -0.101. The Morgan fingerprint density at radius 2 is 2.21 bits per heavy atom. The van der Waals surface area contributed by atoms with Crippen molar-refractivity contribution in [3.8, 4) is 0 Å². The topological polar surface area (TPSA) is 35.5 Å². The number of nitrogens with zero attached hydrogens (tertiary/aromatic N) is 1. The van der Waals surface area contributed by atoms with Gasteiger partial charge in [-0.05, 0) is 39.2 Å². The molecule has 1 aliphatic heterocycles. The monoisotopic (exact) mass is 198 g/mol. The third-order valence-corrected chi connectivity index (χ3v) is 3.67. The molecule has 1 heterocycles. The van der Waals surface area contributed by atoms with Crippen LogP contribution in [-0.4, -0.2) is 48.3 Å². The van der Waals surface area contributed by atoms with E-state index in [-0.39, 0.29) is 6.10 Å². The zero-order valence-corrected chi connectivity index (χ0v) is 9.24. The van der Waals surface area contributed by atoms with Gasteiger partial charge in [-0.15, -0.1) is 0 Å². The van der Waals surface area contributed by atoms with Crippen LogP contribution in [0.15, 0.2) is 0 Å². The first-order valence-electron chi connectivity index (χ1n) is 5.78. The summed E-state index contributed by atoms with van der Waals surface area (Å²) in [6, 6.07) is 1.27. The Balaban J connectivity index is 1.65. The maximum atomic E-state index is 9.70. The number of likely N-dealkylation sites (tertiary alicyclic amines) is 1. The van der Waals surface area contributed by atoms with Gasteiger partial charge in [-0.2, -0.15) is 0 Å². The smallest absolute Gasteiger partial charge is 0.0692 e. The van der Waals surface area contributed by atoms with Crippen molar-refractivity contribution in [3.63, 3.8) is 0 Å². The molecule has 0 aromatic heterocycles. The molecule has 3 nitrogen and oxygen atoms in total. The van der Waals surface area contributed by atoms with Crippen molar-refractivity contribution in [2.45, 2.75) is 44.4 Å². The van der Waals surface area contributed by atoms with Crippen molar-refractivity contribution in [1.82, 2.24) is 10.2 Å². The fourth-order valence-electron chi connectivity index (χ4n) is 2.28. The lowest BCUT2D eigenvalue weighted by Crippen LogP contribution is -2.37. The zero-order chi connectivity index (χ0) is 10.1. The molecule has 82 valence electrons. The van der Waals surface area contributed by atoms with Crippen LogP contribution < -0.4 is 5.32 Å². The summed E-state index contributed by atoms with van der Waals surface area (Å²) in [7, 11) is 2.17. The SMILES string of the molecule is CC1CC(NCC(O)C2CC2)CN1C. The lowest BCUT2D eigenvalue weighted by molar-refractivity contribution is 0.145. The van der Waals surface area contributed by atoms with Crippen LogP contribution >= 0.6 is 0 Å². The van der Waals surface area contributed by atoms with E-state index in [0.29, 0.717) is 18.0 Å². The molecular weight excluding hydrogens is 176 g/mol. The lowest BCUT2D eigenvalue weighted by atomic mass is 10.1. The van der Waals surface area contributed by atoms with Gasteiger partial charge in [-0.3, -0.25) is 0 Å². The van der Waals surface area contributed by atoms with Crippen LogP contribution in [0.2, 0.25) is 0 Å². The van der Waals surface area contributed by atoms with Gasteiger partial charge in [-0.1, -0.05) is 0 Å². The zero-order valence-electron chi connectivity index (χ0n) is 9.24. The molecule has 2 rings (SSSR count). The Hall–Kier alpha value is -0.120. The van der Waals surface area contributed by atoms with Crippen molar-refractivity contribution in [3.05, 3.63) is 0 Å². The number of hydrogen-bond donors (Lipinski definition) is 2. The summed E-state index contributed by atoms with van der Waals surface area (Å²) >= 11 is 0. The second-order valence-corrected chi connectivity index (χ2v) is 5.03. The van der Waals surface area contributed by atoms with E-state index in [1.807, 2.05) is 0 Å². The molecule has 2 aliphatic rings. The van der Waals surface area contributed by atoms with Crippen LogP contribution in [0.3, 0.4) is 0 Å². The van der Waals surface area contributed by atoms with Crippen LogP contribution in [-0.2, 0) is 0 Å². The summed E-state index contributed by atoms with van der Waals surface area (Å²) in [5.41, 5.74) is 0. The highest BCUT2D eigenvalue weighted by Gasteiger charge is 2.31. The molecule has 2 N–H and O–H groups in total. The van der Waals surface area contributed by atoms with Gasteiger partial charge in [0.25, 0.3) is 0 Å². The highest BCUT2D eigenvalue weighted by molar-refractivity contribution is 4.88. The Kier molecular flexibility index (Phi) is 3.10. The van der Waals surface area contributed by atoms with E-state index in [9.17, 15) is 5.11 Å². The number of hydrogen-bond acceptors (Lipinski definition) is 3. The molecule has 2 fully saturated rings. The van der Waals surface area contributed by atoms with Gasteiger partial charge in [-0.25, -0.2) is 0 Å². The Labute approximate surface area is 86.5 Å². The third kappa shape index (κ3) is 2.47. The second-order valence-electron chi connectivity index (χ2n) is 5.03. The van der Waals surface area contributed by atoms with Gasteiger partial charge < -0.3 is 15.3 Å². The van der Waals surface area contributed by atoms with Gasteiger partial charge in [0.05, 0.1) is 6.10 Å². The van der Waals surface area contributed by atoms with Gasteiger partial charge >= 0.3 is 0 Å². The average Bonchev–Trinajstić information content (AvgIpc) is 2.92. The van der Waals surface area contributed by atoms with E-state index in [4.69, 9.17) is 0 Å². The highest BCUT2D eigenvalue weighted by atomic mass is 16.3. The molecule has 0 amide bonds. The lowest BCUT2D eigenvalue weighted by Gasteiger charge is -2.15. The van der Waals surface area contributed by atoms with Gasteiger partial charge in [0.1, 0.15) is 0 Å². The summed E-state index contributed by atoms with van der Waals surface area (Å²) in [5, 5.41) is 13.2. The Morgan fingerprint density at radius 3 is 2.71 bits per heavy atom. The van der Waals surface area contributed by atoms with E-state index >= 15 is 0 Å². The molecule has 0 aromatic carbocycles. The first-order valence-corrected chi connectivity index (χ1v) is 5.78. The minimum absolute atomic E-state index is 0.101. The standard InChI is InChI=1S/C11H22N2O/c1-8-5-10(7-13(8)2)12-6-11(14)9-3-4-9/h8-12,14H,3-7H2,1-2H3. The fourth-order valence-corrected chi connectivity index (χ4v) is 2.28. The van der Waals surface area contributed by atoms with Crippen molar-refractivity contribution in [2.75, 3.05) is 20.1 Å². The van der Waals surface area contributed by atoms with E-state index in [0.717, 1.165) is 13.1 Å². The van der Waals surface area contributed by atoms with Crippen molar-refractivity contribution >= 4 is 0 Å². The van der Waals surface area contributed by atoms with Gasteiger partial charge in [0, 0.05) is 25.2 Å². The number of aliphatic hydroxyl groups excluding tert-OH is 1. The molecule has 14 heavy (non-hydrogen) atoms. The molecule has 1 saturated carbocycles. The first kappa shape index (κ1) is 10.4. The molecule has 0 bridgehead atoms. The normalized spacial score (nSPS) is 36.2. The summed E-state index contributed by atoms with van der Waals surface area (Å²) in [5.74, 6) is 0.596. The summed E-state index contributed by atoms with van der Waals surface area (Å²) in [6.45, 7) is 4.17. The largest absolute Gasteiger partial charge is 0.392 e. The molecule has 0 aromatic rings. The van der Waals surface area contributed by atoms with Crippen LogP contribution in [0, 0.1) is 5.92 Å². The molecule has 3 unspecified atom stereocenters. The molecule has 3 atom stereocenters. The predicted octanol–water partition coefficient (Wildman–Crippen LogP) is 0.439. The molecule has 0 spiro atoms. The molecule has 1 aliphatic carbocycles. The summed E-state index contributed by atoms with van der Waals surface area (Å²) < 4.78 is 0. The number of aliphatic hydroxyl groups is 1. The van der Waals surface area contributed by atoms with E-state index in [1.54, 1.807) is 0 Å².